The first-order valence-electron chi connectivity index (χ1n) is 9.81. The van der Waals surface area contributed by atoms with Gasteiger partial charge in [0.2, 0.25) is 5.91 Å². The van der Waals surface area contributed by atoms with Crippen molar-refractivity contribution in [2.45, 2.75) is 19.4 Å². The molecule has 7 heteroatoms. The maximum absolute atomic E-state index is 12.4. The Morgan fingerprint density at radius 3 is 2.48 bits per heavy atom. The summed E-state index contributed by atoms with van der Waals surface area (Å²) in [6.45, 7) is 0.782. The first kappa shape index (κ1) is 22.7. The first-order valence-corrected chi connectivity index (χ1v) is 10.6. The number of carbonyl (C=O) groups is 2. The van der Waals surface area contributed by atoms with Crippen molar-refractivity contribution >= 4 is 40.7 Å². The lowest BCUT2D eigenvalue weighted by molar-refractivity contribution is -0.116. The second kappa shape index (κ2) is 11.4. The van der Waals surface area contributed by atoms with Crippen LogP contribution in [0.15, 0.2) is 72.8 Å². The standard InChI is InChI=1S/C24H22Cl2N2O3/c25-19-11-12-22(21(26)15-19)31-13-5-10-23(29)28-20-9-4-8-18(14-20)24(30)27-16-17-6-2-1-3-7-17/h1-4,6-9,11-12,14-15H,5,10,13,16H2,(H,27,30)(H,28,29). The number of rotatable bonds is 9. The molecule has 0 heterocycles. The molecule has 0 saturated carbocycles. The van der Waals surface area contributed by atoms with E-state index in [1.165, 1.54) is 0 Å². The highest BCUT2D eigenvalue weighted by Crippen LogP contribution is 2.27. The van der Waals surface area contributed by atoms with Crippen LogP contribution in [0, 0.1) is 0 Å². The fourth-order valence-electron chi connectivity index (χ4n) is 2.85. The lowest BCUT2D eigenvalue weighted by Crippen LogP contribution is -2.23. The summed E-state index contributed by atoms with van der Waals surface area (Å²) < 4.78 is 5.58. The van der Waals surface area contributed by atoms with E-state index in [1.807, 2.05) is 30.3 Å². The molecule has 2 amide bonds. The molecule has 2 N–H and O–H groups in total. The Balaban J connectivity index is 1.44. The molecule has 3 aromatic rings. The average molecular weight is 457 g/mol. The lowest BCUT2D eigenvalue weighted by atomic mass is 10.1. The zero-order valence-corrected chi connectivity index (χ0v) is 18.2. The van der Waals surface area contributed by atoms with Gasteiger partial charge in [0.25, 0.3) is 5.91 Å². The molecule has 0 aliphatic heterocycles. The molecule has 5 nitrogen and oxygen atoms in total. The molecule has 0 saturated heterocycles. The van der Waals surface area contributed by atoms with Crippen LogP contribution >= 0.6 is 23.2 Å². The topological polar surface area (TPSA) is 67.4 Å². The van der Waals surface area contributed by atoms with Gasteiger partial charge in [-0.15, -0.1) is 0 Å². The molecule has 0 atom stereocenters. The SMILES string of the molecule is O=C(CCCOc1ccc(Cl)cc1Cl)Nc1cccc(C(=O)NCc2ccccc2)c1. The Morgan fingerprint density at radius 2 is 1.71 bits per heavy atom. The molecular formula is C24H22Cl2N2O3. The molecule has 0 aromatic heterocycles. The van der Waals surface area contributed by atoms with Gasteiger partial charge in [-0.05, 0) is 48.4 Å². The number of carbonyl (C=O) groups excluding carboxylic acids is 2. The summed E-state index contributed by atoms with van der Waals surface area (Å²) in [5.41, 5.74) is 2.07. The van der Waals surface area contributed by atoms with Gasteiger partial charge in [0, 0.05) is 29.2 Å². The third kappa shape index (κ3) is 7.31. The first-order chi connectivity index (χ1) is 15.0. The number of ether oxygens (including phenoxy) is 1. The van der Waals surface area contributed by atoms with Gasteiger partial charge >= 0.3 is 0 Å². The van der Waals surface area contributed by atoms with Crippen molar-refractivity contribution in [3.05, 3.63) is 94.0 Å². The molecule has 0 aliphatic rings. The number of nitrogens with one attached hydrogen (secondary N) is 2. The van der Waals surface area contributed by atoms with Crippen molar-refractivity contribution in [3.63, 3.8) is 0 Å². The number of hydrogen-bond donors (Lipinski definition) is 2. The Bertz CT molecular complexity index is 1040. The summed E-state index contributed by atoms with van der Waals surface area (Å²) in [6, 6.07) is 21.5. The second-order valence-electron chi connectivity index (χ2n) is 6.82. The molecule has 0 fully saturated rings. The van der Waals surface area contributed by atoms with Gasteiger partial charge in [-0.1, -0.05) is 59.6 Å². The molecule has 0 aliphatic carbocycles. The van der Waals surface area contributed by atoms with Crippen LogP contribution in [0.5, 0.6) is 5.75 Å². The molecule has 160 valence electrons. The van der Waals surface area contributed by atoms with Gasteiger partial charge in [-0.2, -0.15) is 0 Å². The zero-order chi connectivity index (χ0) is 22.1. The summed E-state index contributed by atoms with van der Waals surface area (Å²) in [5, 5.41) is 6.65. The monoisotopic (exact) mass is 456 g/mol. The number of amides is 2. The highest BCUT2D eigenvalue weighted by atomic mass is 35.5. The number of hydrogen-bond acceptors (Lipinski definition) is 3. The van der Waals surface area contributed by atoms with Crippen molar-refractivity contribution in [1.82, 2.24) is 5.32 Å². The van der Waals surface area contributed by atoms with Gasteiger partial charge in [0.1, 0.15) is 5.75 Å². The molecule has 3 rings (SSSR count). The van der Waals surface area contributed by atoms with Gasteiger partial charge in [0.15, 0.2) is 0 Å². The third-order valence-corrected chi connectivity index (χ3v) is 4.93. The van der Waals surface area contributed by atoms with Crippen LogP contribution in [0.3, 0.4) is 0 Å². The van der Waals surface area contributed by atoms with Crippen LogP contribution < -0.4 is 15.4 Å². The van der Waals surface area contributed by atoms with Crippen molar-refractivity contribution in [3.8, 4) is 5.75 Å². The number of anilines is 1. The summed E-state index contributed by atoms with van der Waals surface area (Å²) in [4.78, 5) is 24.6. The van der Waals surface area contributed by atoms with E-state index in [-0.39, 0.29) is 18.2 Å². The number of halogens is 2. The van der Waals surface area contributed by atoms with E-state index in [2.05, 4.69) is 10.6 Å². The predicted molar refractivity (Wildman–Crippen MR) is 124 cm³/mol. The zero-order valence-electron chi connectivity index (χ0n) is 16.7. The quantitative estimate of drug-likeness (QED) is 0.404. The van der Waals surface area contributed by atoms with Crippen molar-refractivity contribution in [1.29, 1.82) is 0 Å². The van der Waals surface area contributed by atoms with Gasteiger partial charge in [-0.3, -0.25) is 9.59 Å². The van der Waals surface area contributed by atoms with Crippen molar-refractivity contribution < 1.29 is 14.3 Å². The normalized spacial score (nSPS) is 10.4. The lowest BCUT2D eigenvalue weighted by Gasteiger charge is -2.10. The fourth-order valence-corrected chi connectivity index (χ4v) is 3.31. The maximum Gasteiger partial charge on any atom is 0.251 e. The second-order valence-corrected chi connectivity index (χ2v) is 7.67. The Hall–Kier alpha value is -3.02. The summed E-state index contributed by atoms with van der Waals surface area (Å²) in [6.07, 6.45) is 0.789. The molecule has 0 unspecified atom stereocenters. The molecule has 3 aromatic carbocycles. The summed E-state index contributed by atoms with van der Waals surface area (Å²) in [5.74, 6) is 0.168. The van der Waals surface area contributed by atoms with Gasteiger partial charge in [-0.25, -0.2) is 0 Å². The number of benzene rings is 3. The van der Waals surface area contributed by atoms with Crippen LogP contribution in [-0.2, 0) is 11.3 Å². The third-order valence-electron chi connectivity index (χ3n) is 4.40. The van der Waals surface area contributed by atoms with E-state index in [4.69, 9.17) is 27.9 Å². The van der Waals surface area contributed by atoms with E-state index in [0.717, 1.165) is 5.56 Å². The van der Waals surface area contributed by atoms with Crippen LogP contribution in [0.2, 0.25) is 10.0 Å². The van der Waals surface area contributed by atoms with E-state index in [0.29, 0.717) is 46.6 Å². The predicted octanol–water partition coefficient (Wildman–Crippen LogP) is 5.72. The smallest absolute Gasteiger partial charge is 0.251 e. The maximum atomic E-state index is 12.4. The van der Waals surface area contributed by atoms with Crippen LogP contribution in [0.25, 0.3) is 0 Å². The van der Waals surface area contributed by atoms with Crippen LogP contribution in [0.1, 0.15) is 28.8 Å². The summed E-state index contributed by atoms with van der Waals surface area (Å²) in [7, 11) is 0. The minimum atomic E-state index is -0.201. The van der Waals surface area contributed by atoms with E-state index >= 15 is 0 Å². The minimum Gasteiger partial charge on any atom is -0.492 e. The van der Waals surface area contributed by atoms with Crippen molar-refractivity contribution in [2.75, 3.05) is 11.9 Å². The Kier molecular flexibility index (Phi) is 8.33. The molecular weight excluding hydrogens is 435 g/mol. The van der Waals surface area contributed by atoms with E-state index in [9.17, 15) is 9.59 Å². The van der Waals surface area contributed by atoms with Gasteiger partial charge < -0.3 is 15.4 Å². The molecule has 0 bridgehead atoms. The molecule has 0 spiro atoms. The fraction of sp³-hybridized carbons (Fsp3) is 0.167. The van der Waals surface area contributed by atoms with Crippen molar-refractivity contribution in [2.24, 2.45) is 0 Å². The minimum absolute atomic E-state index is 0.160. The Labute approximate surface area is 191 Å². The van der Waals surface area contributed by atoms with Crippen LogP contribution in [-0.4, -0.2) is 18.4 Å². The molecule has 31 heavy (non-hydrogen) atoms. The Morgan fingerprint density at radius 1 is 0.903 bits per heavy atom. The van der Waals surface area contributed by atoms with E-state index < -0.39 is 0 Å². The largest absolute Gasteiger partial charge is 0.492 e. The highest BCUT2D eigenvalue weighted by Gasteiger charge is 2.09. The van der Waals surface area contributed by atoms with E-state index in [1.54, 1.807) is 42.5 Å². The average Bonchev–Trinajstić information content (AvgIpc) is 2.77. The van der Waals surface area contributed by atoms with Gasteiger partial charge in [0.05, 0.1) is 11.6 Å². The molecule has 0 radical (unpaired) electrons. The summed E-state index contributed by atoms with van der Waals surface area (Å²) >= 11 is 11.9. The van der Waals surface area contributed by atoms with Crippen LogP contribution in [0.4, 0.5) is 5.69 Å². The highest BCUT2D eigenvalue weighted by molar-refractivity contribution is 6.35.